The molecule has 1 aliphatic heterocycles. The van der Waals surface area contributed by atoms with E-state index in [1.165, 1.54) is 24.3 Å². The van der Waals surface area contributed by atoms with Crippen LogP contribution in [0.5, 0.6) is 0 Å². The number of sulfone groups is 1. The zero-order chi connectivity index (χ0) is 14.8. The van der Waals surface area contributed by atoms with Gasteiger partial charge in [0.2, 0.25) is 0 Å². The average Bonchev–Trinajstić information content (AvgIpc) is 2.75. The molecule has 0 aromatic heterocycles. The zero-order valence-electron chi connectivity index (χ0n) is 10.5. The van der Waals surface area contributed by atoms with Gasteiger partial charge in [0.05, 0.1) is 28.6 Å². The quantitative estimate of drug-likeness (QED) is 0.470. The summed E-state index contributed by atoms with van der Waals surface area (Å²) in [6.45, 7) is 0.0506. The van der Waals surface area contributed by atoms with Crippen LogP contribution in [0.25, 0.3) is 0 Å². The molecule has 0 saturated carbocycles. The normalized spacial score (nSPS) is 20.5. The number of carbonyl (C=O) groups excluding carboxylic acids is 1. The molecular weight excluding hydrogens is 286 g/mol. The summed E-state index contributed by atoms with van der Waals surface area (Å²) in [4.78, 5) is 21.6. The van der Waals surface area contributed by atoms with Crippen LogP contribution in [0.4, 0.5) is 5.69 Å². The first-order valence-corrected chi connectivity index (χ1v) is 7.81. The number of nitro benzene ring substituents is 1. The fourth-order valence-electron chi connectivity index (χ4n) is 2.00. The number of hydrogen-bond acceptors (Lipinski definition) is 6. The monoisotopic (exact) mass is 299 g/mol. The van der Waals surface area contributed by atoms with Crippen LogP contribution in [0.3, 0.4) is 0 Å². The number of esters is 1. The van der Waals surface area contributed by atoms with Crippen molar-refractivity contribution in [1.29, 1.82) is 0 Å². The summed E-state index contributed by atoms with van der Waals surface area (Å²) < 4.78 is 27.5. The van der Waals surface area contributed by atoms with Gasteiger partial charge in [-0.3, -0.25) is 10.1 Å². The second-order valence-corrected chi connectivity index (χ2v) is 6.90. The van der Waals surface area contributed by atoms with Gasteiger partial charge < -0.3 is 4.74 Å². The Hall–Kier alpha value is -1.96. The summed E-state index contributed by atoms with van der Waals surface area (Å²) in [6.07, 6.45) is 0.496. The number of nitrogens with zero attached hydrogens (tertiary/aromatic N) is 1. The summed E-state index contributed by atoms with van der Waals surface area (Å²) in [5, 5.41) is 10.5. The molecule has 20 heavy (non-hydrogen) atoms. The van der Waals surface area contributed by atoms with E-state index in [4.69, 9.17) is 4.74 Å². The third-order valence-electron chi connectivity index (χ3n) is 3.09. The predicted octanol–water partition coefficient (Wildman–Crippen LogP) is 1.19. The lowest BCUT2D eigenvalue weighted by Gasteiger charge is -2.08. The maximum atomic E-state index is 11.7. The topological polar surface area (TPSA) is 104 Å². The van der Waals surface area contributed by atoms with Crippen LogP contribution in [0, 0.1) is 16.0 Å². The molecule has 0 spiro atoms. The van der Waals surface area contributed by atoms with E-state index in [2.05, 4.69) is 0 Å². The van der Waals surface area contributed by atoms with E-state index in [0.29, 0.717) is 6.42 Å². The van der Waals surface area contributed by atoms with Crippen LogP contribution in [0.15, 0.2) is 24.3 Å². The fourth-order valence-corrected chi connectivity index (χ4v) is 3.84. The molecule has 0 radical (unpaired) electrons. The molecule has 1 aliphatic rings. The Morgan fingerprint density at radius 2 is 2.00 bits per heavy atom. The van der Waals surface area contributed by atoms with Gasteiger partial charge in [0.1, 0.15) is 0 Å². The molecule has 2 rings (SSSR count). The van der Waals surface area contributed by atoms with Crippen LogP contribution in [0.2, 0.25) is 0 Å². The van der Waals surface area contributed by atoms with Gasteiger partial charge in [-0.25, -0.2) is 13.2 Å². The number of hydrogen-bond donors (Lipinski definition) is 0. The van der Waals surface area contributed by atoms with Gasteiger partial charge in [-0.1, -0.05) is 0 Å². The van der Waals surface area contributed by atoms with Crippen LogP contribution in [-0.4, -0.2) is 37.4 Å². The predicted molar refractivity (Wildman–Crippen MR) is 70.1 cm³/mol. The highest BCUT2D eigenvalue weighted by molar-refractivity contribution is 7.91. The molecule has 1 aromatic rings. The van der Waals surface area contributed by atoms with E-state index in [-0.39, 0.29) is 35.3 Å². The average molecular weight is 299 g/mol. The first-order valence-electron chi connectivity index (χ1n) is 5.99. The number of nitro groups is 1. The molecule has 1 heterocycles. The molecule has 0 amide bonds. The summed E-state index contributed by atoms with van der Waals surface area (Å²) >= 11 is 0. The van der Waals surface area contributed by atoms with Crippen LogP contribution < -0.4 is 0 Å². The first kappa shape index (κ1) is 14.4. The summed E-state index contributed by atoms with van der Waals surface area (Å²) in [7, 11) is -2.99. The van der Waals surface area contributed by atoms with E-state index in [9.17, 15) is 23.3 Å². The van der Waals surface area contributed by atoms with Gasteiger partial charge in [-0.15, -0.1) is 0 Å². The van der Waals surface area contributed by atoms with E-state index in [1.807, 2.05) is 0 Å². The molecule has 1 saturated heterocycles. The van der Waals surface area contributed by atoms with Crippen LogP contribution in [0.1, 0.15) is 16.8 Å². The molecule has 1 aromatic carbocycles. The molecular formula is C12H13NO6S. The molecule has 8 heteroatoms. The van der Waals surface area contributed by atoms with Gasteiger partial charge in [0, 0.05) is 18.1 Å². The molecule has 1 unspecified atom stereocenters. The largest absolute Gasteiger partial charge is 0.462 e. The lowest BCUT2D eigenvalue weighted by atomic mass is 10.1. The molecule has 1 atom stereocenters. The zero-order valence-corrected chi connectivity index (χ0v) is 11.3. The van der Waals surface area contributed by atoms with Gasteiger partial charge in [-0.05, 0) is 18.6 Å². The van der Waals surface area contributed by atoms with Crippen molar-refractivity contribution in [1.82, 2.24) is 0 Å². The highest BCUT2D eigenvalue weighted by Crippen LogP contribution is 2.19. The Balaban J connectivity index is 1.90. The summed E-state index contributed by atoms with van der Waals surface area (Å²) in [6, 6.07) is 5.06. The number of ether oxygens (including phenoxy) is 1. The molecule has 1 fully saturated rings. The smallest absolute Gasteiger partial charge is 0.338 e. The fraction of sp³-hybridized carbons (Fsp3) is 0.417. The van der Waals surface area contributed by atoms with Crippen molar-refractivity contribution in [2.75, 3.05) is 18.1 Å². The highest BCUT2D eigenvalue weighted by Gasteiger charge is 2.28. The standard InChI is InChI=1S/C12H13NO6S/c14-12(10-1-3-11(4-2-10)13(15)16)19-7-9-5-6-20(17,18)8-9/h1-4,9H,5-8H2. The molecule has 0 aliphatic carbocycles. The minimum Gasteiger partial charge on any atom is -0.462 e. The van der Waals surface area contributed by atoms with Crippen molar-refractivity contribution in [3.63, 3.8) is 0 Å². The number of carbonyl (C=O) groups is 1. The maximum absolute atomic E-state index is 11.7. The Morgan fingerprint density at radius 1 is 1.35 bits per heavy atom. The Morgan fingerprint density at radius 3 is 2.50 bits per heavy atom. The second kappa shape index (κ2) is 5.58. The SMILES string of the molecule is O=C(OCC1CCS(=O)(=O)C1)c1ccc([N+](=O)[O-])cc1. The van der Waals surface area contributed by atoms with E-state index >= 15 is 0 Å². The Kier molecular flexibility index (Phi) is 4.03. The number of benzene rings is 1. The van der Waals surface area contributed by atoms with Gasteiger partial charge in [0.15, 0.2) is 9.84 Å². The van der Waals surface area contributed by atoms with Gasteiger partial charge in [-0.2, -0.15) is 0 Å². The molecule has 108 valence electrons. The number of rotatable bonds is 4. The number of non-ortho nitro benzene ring substituents is 1. The van der Waals surface area contributed by atoms with E-state index in [1.54, 1.807) is 0 Å². The lowest BCUT2D eigenvalue weighted by molar-refractivity contribution is -0.384. The van der Waals surface area contributed by atoms with Crippen molar-refractivity contribution in [2.45, 2.75) is 6.42 Å². The van der Waals surface area contributed by atoms with Crippen molar-refractivity contribution in [3.05, 3.63) is 39.9 Å². The second-order valence-electron chi connectivity index (χ2n) is 4.67. The van der Waals surface area contributed by atoms with Crippen LogP contribution >= 0.6 is 0 Å². The Labute approximate surface area is 115 Å². The van der Waals surface area contributed by atoms with Crippen molar-refractivity contribution in [3.8, 4) is 0 Å². The third-order valence-corrected chi connectivity index (χ3v) is 4.93. The Bertz CT molecular complexity index is 622. The minimum absolute atomic E-state index is 0.0422. The highest BCUT2D eigenvalue weighted by atomic mass is 32.2. The van der Waals surface area contributed by atoms with Gasteiger partial charge in [0.25, 0.3) is 5.69 Å². The molecule has 0 N–H and O–H groups in total. The third kappa shape index (κ3) is 3.53. The van der Waals surface area contributed by atoms with Crippen molar-refractivity contribution >= 4 is 21.5 Å². The molecule has 7 nitrogen and oxygen atoms in total. The van der Waals surface area contributed by atoms with E-state index < -0.39 is 20.7 Å². The maximum Gasteiger partial charge on any atom is 0.338 e. The summed E-state index contributed by atoms with van der Waals surface area (Å²) in [5.74, 6) is -0.598. The van der Waals surface area contributed by atoms with Gasteiger partial charge >= 0.3 is 5.97 Å². The van der Waals surface area contributed by atoms with Crippen molar-refractivity contribution in [2.24, 2.45) is 5.92 Å². The van der Waals surface area contributed by atoms with Crippen LogP contribution in [-0.2, 0) is 14.6 Å². The minimum atomic E-state index is -2.99. The van der Waals surface area contributed by atoms with Crippen molar-refractivity contribution < 1.29 is 22.9 Å². The van der Waals surface area contributed by atoms with E-state index in [0.717, 1.165) is 0 Å². The lowest BCUT2D eigenvalue weighted by Crippen LogP contribution is -2.15. The first-order chi connectivity index (χ1) is 9.37. The summed E-state index contributed by atoms with van der Waals surface area (Å²) in [5.41, 5.74) is 0.0971. The molecule has 0 bridgehead atoms.